The summed E-state index contributed by atoms with van der Waals surface area (Å²) in [5.41, 5.74) is 1.43. The monoisotopic (exact) mass is 213 g/mol. The molecular formula is C11H16FNO2. The fourth-order valence-corrected chi connectivity index (χ4v) is 1.51. The highest BCUT2D eigenvalue weighted by molar-refractivity contribution is 5.39. The number of nitrogens with two attached hydrogens (primary N) is 1. The maximum Gasteiger partial charge on any atom is 0.130 e. The van der Waals surface area contributed by atoms with Gasteiger partial charge in [0.15, 0.2) is 0 Å². The molecule has 0 aromatic heterocycles. The molecule has 0 radical (unpaired) electrons. The van der Waals surface area contributed by atoms with Crippen LogP contribution in [0.25, 0.3) is 0 Å². The fraction of sp³-hybridized carbons (Fsp3) is 0.455. The number of halogens is 1. The van der Waals surface area contributed by atoms with E-state index in [0.717, 1.165) is 5.56 Å². The lowest BCUT2D eigenvalue weighted by molar-refractivity contribution is 0.141. The maximum absolute atomic E-state index is 13.6. The van der Waals surface area contributed by atoms with Crippen LogP contribution in [0.15, 0.2) is 12.1 Å². The first kappa shape index (κ1) is 11.9. The van der Waals surface area contributed by atoms with Crippen molar-refractivity contribution in [2.24, 2.45) is 5.90 Å². The number of benzene rings is 1. The van der Waals surface area contributed by atoms with Crippen LogP contribution >= 0.6 is 0 Å². The van der Waals surface area contributed by atoms with Gasteiger partial charge in [-0.05, 0) is 30.5 Å². The largest absolute Gasteiger partial charge is 0.496 e. The average molecular weight is 213 g/mol. The summed E-state index contributed by atoms with van der Waals surface area (Å²) >= 11 is 0. The van der Waals surface area contributed by atoms with Crippen molar-refractivity contribution in [1.29, 1.82) is 0 Å². The summed E-state index contributed by atoms with van der Waals surface area (Å²) in [7, 11) is 1.54. The Balaban J connectivity index is 2.97. The molecule has 0 aliphatic rings. The molecule has 0 saturated carbocycles. The van der Waals surface area contributed by atoms with Crippen LogP contribution in [0, 0.1) is 5.82 Å². The van der Waals surface area contributed by atoms with Crippen LogP contribution in [0.3, 0.4) is 0 Å². The number of hydrogen-bond acceptors (Lipinski definition) is 3. The summed E-state index contributed by atoms with van der Waals surface area (Å²) in [6.07, 6.45) is 1.19. The van der Waals surface area contributed by atoms with Gasteiger partial charge in [-0.15, -0.1) is 0 Å². The first-order valence-corrected chi connectivity index (χ1v) is 4.89. The molecule has 3 nitrogen and oxygen atoms in total. The van der Waals surface area contributed by atoms with Crippen LogP contribution < -0.4 is 10.6 Å². The second-order valence-electron chi connectivity index (χ2n) is 3.23. The molecule has 84 valence electrons. The predicted molar refractivity (Wildman–Crippen MR) is 56.2 cm³/mol. The SMILES string of the molecule is CCc1c(F)cc(CCON)cc1OC. The minimum atomic E-state index is -0.233. The van der Waals surface area contributed by atoms with Crippen molar-refractivity contribution in [1.82, 2.24) is 0 Å². The Bertz CT molecular complexity index is 329. The van der Waals surface area contributed by atoms with Gasteiger partial charge < -0.3 is 9.57 Å². The third kappa shape index (κ3) is 2.91. The normalized spacial score (nSPS) is 10.4. The lowest BCUT2D eigenvalue weighted by Crippen LogP contribution is -2.05. The third-order valence-corrected chi connectivity index (χ3v) is 2.30. The summed E-state index contributed by atoms with van der Waals surface area (Å²) in [5, 5.41) is 0. The van der Waals surface area contributed by atoms with Gasteiger partial charge in [0.1, 0.15) is 11.6 Å². The topological polar surface area (TPSA) is 44.5 Å². The Labute approximate surface area is 88.9 Å². The highest BCUT2D eigenvalue weighted by Crippen LogP contribution is 2.24. The van der Waals surface area contributed by atoms with Crippen molar-refractivity contribution < 1.29 is 14.0 Å². The van der Waals surface area contributed by atoms with Crippen LogP contribution in [0.2, 0.25) is 0 Å². The van der Waals surface area contributed by atoms with E-state index in [4.69, 9.17) is 10.6 Å². The van der Waals surface area contributed by atoms with E-state index in [1.807, 2.05) is 13.0 Å². The zero-order chi connectivity index (χ0) is 11.3. The Morgan fingerprint density at radius 3 is 2.67 bits per heavy atom. The van der Waals surface area contributed by atoms with Gasteiger partial charge in [-0.3, -0.25) is 0 Å². The van der Waals surface area contributed by atoms with E-state index in [9.17, 15) is 4.39 Å². The Hall–Kier alpha value is -1.13. The van der Waals surface area contributed by atoms with E-state index in [2.05, 4.69) is 4.84 Å². The molecule has 1 rings (SSSR count). The summed E-state index contributed by atoms with van der Waals surface area (Å²) in [4.78, 5) is 4.45. The smallest absolute Gasteiger partial charge is 0.130 e. The van der Waals surface area contributed by atoms with Gasteiger partial charge in [0.05, 0.1) is 13.7 Å². The summed E-state index contributed by atoms with van der Waals surface area (Å²) in [6.45, 7) is 2.26. The van der Waals surface area contributed by atoms with Crippen molar-refractivity contribution in [3.8, 4) is 5.75 Å². The average Bonchev–Trinajstić information content (AvgIpc) is 2.25. The molecule has 0 saturated heterocycles. The van der Waals surface area contributed by atoms with E-state index in [0.29, 0.717) is 30.8 Å². The van der Waals surface area contributed by atoms with E-state index in [1.165, 1.54) is 13.2 Å². The minimum Gasteiger partial charge on any atom is -0.496 e. The first-order valence-electron chi connectivity index (χ1n) is 4.89. The molecule has 0 bridgehead atoms. The summed E-state index contributed by atoms with van der Waals surface area (Å²) < 4.78 is 18.7. The highest BCUT2D eigenvalue weighted by atomic mass is 19.1. The van der Waals surface area contributed by atoms with Crippen molar-refractivity contribution in [2.75, 3.05) is 13.7 Å². The summed E-state index contributed by atoms with van der Waals surface area (Å²) in [5.74, 6) is 5.27. The van der Waals surface area contributed by atoms with Crippen LogP contribution in [-0.4, -0.2) is 13.7 Å². The van der Waals surface area contributed by atoms with Gasteiger partial charge >= 0.3 is 0 Å². The molecule has 0 fully saturated rings. The van der Waals surface area contributed by atoms with Gasteiger partial charge in [0.25, 0.3) is 0 Å². The molecule has 1 aromatic rings. The number of methoxy groups -OCH3 is 1. The third-order valence-electron chi connectivity index (χ3n) is 2.30. The quantitative estimate of drug-likeness (QED) is 0.759. The van der Waals surface area contributed by atoms with Crippen molar-refractivity contribution in [3.05, 3.63) is 29.1 Å². The van der Waals surface area contributed by atoms with Gasteiger partial charge in [-0.25, -0.2) is 10.3 Å². The molecule has 0 unspecified atom stereocenters. The van der Waals surface area contributed by atoms with Crippen LogP contribution in [0.5, 0.6) is 5.75 Å². The molecule has 1 aromatic carbocycles. The zero-order valence-electron chi connectivity index (χ0n) is 9.05. The molecule has 0 atom stereocenters. The number of ether oxygens (including phenoxy) is 1. The fourth-order valence-electron chi connectivity index (χ4n) is 1.51. The second kappa shape index (κ2) is 5.68. The molecule has 0 amide bonds. The molecular weight excluding hydrogens is 197 g/mol. The standard InChI is InChI=1S/C11H16FNO2/c1-3-9-10(12)6-8(4-5-15-13)7-11(9)14-2/h6-7H,3-5,13H2,1-2H3. The first-order chi connectivity index (χ1) is 7.22. The maximum atomic E-state index is 13.6. The predicted octanol–water partition coefficient (Wildman–Crippen LogP) is 1.83. The molecule has 0 heterocycles. The van der Waals surface area contributed by atoms with E-state index in [-0.39, 0.29) is 5.82 Å². The lowest BCUT2D eigenvalue weighted by atomic mass is 10.1. The Morgan fingerprint density at radius 2 is 2.13 bits per heavy atom. The molecule has 2 N–H and O–H groups in total. The van der Waals surface area contributed by atoms with Crippen molar-refractivity contribution in [2.45, 2.75) is 19.8 Å². The second-order valence-corrected chi connectivity index (χ2v) is 3.23. The van der Waals surface area contributed by atoms with Gasteiger partial charge in [0.2, 0.25) is 0 Å². The van der Waals surface area contributed by atoms with Crippen LogP contribution in [0.4, 0.5) is 4.39 Å². The van der Waals surface area contributed by atoms with Gasteiger partial charge in [-0.2, -0.15) is 0 Å². The Morgan fingerprint density at radius 1 is 1.40 bits per heavy atom. The minimum absolute atomic E-state index is 0.233. The summed E-state index contributed by atoms with van der Waals surface area (Å²) in [6, 6.07) is 3.32. The van der Waals surface area contributed by atoms with Crippen LogP contribution in [-0.2, 0) is 17.7 Å². The van der Waals surface area contributed by atoms with Gasteiger partial charge in [0, 0.05) is 5.56 Å². The van der Waals surface area contributed by atoms with E-state index < -0.39 is 0 Å². The molecule has 0 aliphatic carbocycles. The molecule has 15 heavy (non-hydrogen) atoms. The number of rotatable bonds is 5. The van der Waals surface area contributed by atoms with Crippen molar-refractivity contribution >= 4 is 0 Å². The van der Waals surface area contributed by atoms with Crippen LogP contribution in [0.1, 0.15) is 18.1 Å². The molecule has 0 spiro atoms. The highest BCUT2D eigenvalue weighted by Gasteiger charge is 2.09. The van der Waals surface area contributed by atoms with Crippen molar-refractivity contribution in [3.63, 3.8) is 0 Å². The Kier molecular flexibility index (Phi) is 4.52. The number of hydrogen-bond donors (Lipinski definition) is 1. The van der Waals surface area contributed by atoms with E-state index >= 15 is 0 Å². The molecule has 4 heteroatoms. The lowest BCUT2D eigenvalue weighted by Gasteiger charge is -2.10. The molecule has 0 aliphatic heterocycles. The van der Waals surface area contributed by atoms with E-state index in [1.54, 1.807) is 0 Å². The van der Waals surface area contributed by atoms with Gasteiger partial charge in [-0.1, -0.05) is 6.92 Å². The zero-order valence-corrected chi connectivity index (χ0v) is 9.05.